The van der Waals surface area contributed by atoms with E-state index in [0.29, 0.717) is 12.3 Å². The lowest BCUT2D eigenvalue weighted by molar-refractivity contribution is -0.139. The van der Waals surface area contributed by atoms with Crippen LogP contribution in [0.3, 0.4) is 0 Å². The van der Waals surface area contributed by atoms with E-state index in [0.717, 1.165) is 45.2 Å². The SMILES string of the molecule is O=C(O)CC1(NC(=O)CC2CCNC2)CCCC1. The summed E-state index contributed by atoms with van der Waals surface area (Å²) in [6.45, 7) is 1.89. The maximum atomic E-state index is 12.0. The predicted molar refractivity (Wildman–Crippen MR) is 67.2 cm³/mol. The minimum Gasteiger partial charge on any atom is -0.481 e. The Labute approximate surface area is 107 Å². The monoisotopic (exact) mass is 254 g/mol. The Kier molecular flexibility index (Phi) is 4.22. The van der Waals surface area contributed by atoms with Gasteiger partial charge in [0.05, 0.1) is 12.0 Å². The second-order valence-corrected chi connectivity index (χ2v) is 5.67. The highest BCUT2D eigenvalue weighted by molar-refractivity contribution is 5.78. The molecule has 1 aliphatic carbocycles. The van der Waals surface area contributed by atoms with Crippen LogP contribution in [-0.2, 0) is 9.59 Å². The number of nitrogens with one attached hydrogen (secondary N) is 2. The molecule has 1 amide bonds. The number of carboxylic acids is 1. The fourth-order valence-corrected chi connectivity index (χ4v) is 3.18. The molecule has 1 aliphatic heterocycles. The smallest absolute Gasteiger partial charge is 0.305 e. The molecule has 1 saturated carbocycles. The van der Waals surface area contributed by atoms with Crippen LogP contribution in [0.1, 0.15) is 44.9 Å². The van der Waals surface area contributed by atoms with Crippen LogP contribution in [0.4, 0.5) is 0 Å². The van der Waals surface area contributed by atoms with E-state index < -0.39 is 11.5 Å². The van der Waals surface area contributed by atoms with Gasteiger partial charge in [-0.15, -0.1) is 0 Å². The fraction of sp³-hybridized carbons (Fsp3) is 0.846. The number of aliphatic carboxylic acids is 1. The topological polar surface area (TPSA) is 78.4 Å². The molecule has 102 valence electrons. The van der Waals surface area contributed by atoms with Gasteiger partial charge in [0.2, 0.25) is 5.91 Å². The molecule has 5 heteroatoms. The molecule has 18 heavy (non-hydrogen) atoms. The van der Waals surface area contributed by atoms with Gasteiger partial charge in [-0.1, -0.05) is 12.8 Å². The summed E-state index contributed by atoms with van der Waals surface area (Å²) in [4.78, 5) is 22.9. The molecule has 0 aromatic heterocycles. The van der Waals surface area contributed by atoms with E-state index in [-0.39, 0.29) is 12.3 Å². The molecule has 1 saturated heterocycles. The highest BCUT2D eigenvalue weighted by atomic mass is 16.4. The molecular formula is C13H22N2O3. The van der Waals surface area contributed by atoms with Crippen molar-refractivity contribution in [3.63, 3.8) is 0 Å². The summed E-state index contributed by atoms with van der Waals surface area (Å²) in [5.41, 5.74) is -0.477. The Morgan fingerprint density at radius 2 is 2.06 bits per heavy atom. The summed E-state index contributed by atoms with van der Waals surface area (Å²) in [6.07, 6.45) is 5.24. The highest BCUT2D eigenvalue weighted by Gasteiger charge is 2.37. The Bertz CT molecular complexity index is 318. The van der Waals surface area contributed by atoms with Crippen molar-refractivity contribution in [2.24, 2.45) is 5.92 Å². The molecule has 3 N–H and O–H groups in total. The second-order valence-electron chi connectivity index (χ2n) is 5.67. The summed E-state index contributed by atoms with van der Waals surface area (Å²) < 4.78 is 0. The van der Waals surface area contributed by atoms with Gasteiger partial charge in [0, 0.05) is 6.42 Å². The number of rotatable bonds is 5. The first-order valence-corrected chi connectivity index (χ1v) is 6.83. The summed E-state index contributed by atoms with van der Waals surface area (Å²) in [5.74, 6) is -0.389. The number of hydrogen-bond acceptors (Lipinski definition) is 3. The second kappa shape index (κ2) is 5.69. The molecule has 2 fully saturated rings. The first-order valence-electron chi connectivity index (χ1n) is 6.83. The minimum atomic E-state index is -0.820. The van der Waals surface area contributed by atoms with Crippen LogP contribution in [-0.4, -0.2) is 35.6 Å². The fourth-order valence-electron chi connectivity index (χ4n) is 3.18. The average Bonchev–Trinajstić information content (AvgIpc) is 2.89. The van der Waals surface area contributed by atoms with Crippen molar-refractivity contribution in [2.45, 2.75) is 50.5 Å². The standard InChI is InChI=1S/C13H22N2O3/c16-11(7-10-3-6-14-9-10)15-13(8-12(17)18)4-1-2-5-13/h10,14H,1-9H2,(H,15,16)(H,17,18). The Morgan fingerprint density at radius 3 is 2.61 bits per heavy atom. The number of amides is 1. The maximum Gasteiger partial charge on any atom is 0.305 e. The lowest BCUT2D eigenvalue weighted by Crippen LogP contribution is -2.48. The molecule has 0 spiro atoms. The lowest BCUT2D eigenvalue weighted by atomic mass is 9.92. The zero-order valence-electron chi connectivity index (χ0n) is 10.7. The molecule has 1 unspecified atom stereocenters. The van der Waals surface area contributed by atoms with Crippen LogP contribution in [0.15, 0.2) is 0 Å². The van der Waals surface area contributed by atoms with E-state index >= 15 is 0 Å². The van der Waals surface area contributed by atoms with E-state index in [1.807, 2.05) is 0 Å². The number of carbonyl (C=O) groups is 2. The van der Waals surface area contributed by atoms with Crippen LogP contribution in [0.2, 0.25) is 0 Å². The number of carboxylic acid groups (broad SMARTS) is 1. The summed E-state index contributed by atoms with van der Waals surface area (Å²) in [7, 11) is 0. The number of carbonyl (C=O) groups excluding carboxylic acids is 1. The summed E-state index contributed by atoms with van der Waals surface area (Å²) in [5, 5.41) is 15.2. The molecule has 0 radical (unpaired) electrons. The molecular weight excluding hydrogens is 232 g/mol. The normalized spacial score (nSPS) is 26.1. The largest absolute Gasteiger partial charge is 0.481 e. The Balaban J connectivity index is 1.87. The van der Waals surface area contributed by atoms with Crippen molar-refractivity contribution < 1.29 is 14.7 Å². The average molecular weight is 254 g/mol. The van der Waals surface area contributed by atoms with E-state index in [4.69, 9.17) is 5.11 Å². The minimum absolute atomic E-state index is 0.0202. The van der Waals surface area contributed by atoms with Crippen LogP contribution in [0.25, 0.3) is 0 Å². The van der Waals surface area contributed by atoms with Crippen molar-refractivity contribution in [2.75, 3.05) is 13.1 Å². The van der Waals surface area contributed by atoms with Gasteiger partial charge < -0.3 is 15.7 Å². The molecule has 5 nitrogen and oxygen atoms in total. The zero-order chi connectivity index (χ0) is 13.0. The van der Waals surface area contributed by atoms with Crippen molar-refractivity contribution in [1.29, 1.82) is 0 Å². The number of hydrogen-bond donors (Lipinski definition) is 3. The van der Waals surface area contributed by atoms with E-state index in [1.54, 1.807) is 0 Å². The Hall–Kier alpha value is -1.10. The van der Waals surface area contributed by atoms with Crippen molar-refractivity contribution in [1.82, 2.24) is 10.6 Å². The van der Waals surface area contributed by atoms with Gasteiger partial charge >= 0.3 is 5.97 Å². The van der Waals surface area contributed by atoms with Crippen LogP contribution in [0.5, 0.6) is 0 Å². The van der Waals surface area contributed by atoms with Crippen molar-refractivity contribution in [3.05, 3.63) is 0 Å². The predicted octanol–water partition coefficient (Wildman–Crippen LogP) is 0.890. The van der Waals surface area contributed by atoms with Gasteiger partial charge in [0.15, 0.2) is 0 Å². The zero-order valence-corrected chi connectivity index (χ0v) is 10.7. The summed E-state index contributed by atoms with van der Waals surface area (Å²) >= 11 is 0. The van der Waals surface area contributed by atoms with Gasteiger partial charge in [-0.25, -0.2) is 0 Å². The van der Waals surface area contributed by atoms with Gasteiger partial charge in [-0.3, -0.25) is 9.59 Å². The summed E-state index contributed by atoms with van der Waals surface area (Å²) in [6, 6.07) is 0. The third kappa shape index (κ3) is 3.45. The molecule has 0 bridgehead atoms. The van der Waals surface area contributed by atoms with E-state index in [1.165, 1.54) is 0 Å². The van der Waals surface area contributed by atoms with Gasteiger partial charge in [0.1, 0.15) is 0 Å². The Morgan fingerprint density at radius 1 is 1.33 bits per heavy atom. The molecule has 2 rings (SSSR count). The van der Waals surface area contributed by atoms with Crippen LogP contribution >= 0.6 is 0 Å². The highest BCUT2D eigenvalue weighted by Crippen LogP contribution is 2.33. The molecule has 0 aromatic carbocycles. The van der Waals surface area contributed by atoms with Crippen molar-refractivity contribution in [3.8, 4) is 0 Å². The van der Waals surface area contributed by atoms with Gasteiger partial charge in [-0.2, -0.15) is 0 Å². The quantitative estimate of drug-likeness (QED) is 0.681. The van der Waals surface area contributed by atoms with Gasteiger partial charge in [0.25, 0.3) is 0 Å². The van der Waals surface area contributed by atoms with Crippen LogP contribution in [0, 0.1) is 5.92 Å². The van der Waals surface area contributed by atoms with Crippen LogP contribution < -0.4 is 10.6 Å². The van der Waals surface area contributed by atoms with E-state index in [2.05, 4.69) is 10.6 Å². The van der Waals surface area contributed by atoms with Gasteiger partial charge in [-0.05, 0) is 38.3 Å². The van der Waals surface area contributed by atoms with Crippen molar-refractivity contribution >= 4 is 11.9 Å². The third-order valence-corrected chi connectivity index (χ3v) is 4.09. The molecule has 2 aliphatic rings. The maximum absolute atomic E-state index is 12.0. The molecule has 1 atom stereocenters. The molecule has 1 heterocycles. The lowest BCUT2D eigenvalue weighted by Gasteiger charge is -2.29. The molecule has 0 aromatic rings. The first kappa shape index (κ1) is 13.3. The first-order chi connectivity index (χ1) is 8.60. The van der Waals surface area contributed by atoms with E-state index in [9.17, 15) is 9.59 Å². The third-order valence-electron chi connectivity index (χ3n) is 4.09.